The van der Waals surface area contributed by atoms with Crippen molar-refractivity contribution >= 4 is 17.9 Å². The number of piperazine rings is 1. The molecule has 1 heterocycles. The summed E-state index contributed by atoms with van der Waals surface area (Å²) in [7, 11) is 0. The molecule has 0 saturated carbocycles. The molecule has 1 saturated heterocycles. The van der Waals surface area contributed by atoms with Crippen molar-refractivity contribution < 1.29 is 37.0 Å². The maximum Gasteiger partial charge on any atom is 0.407 e. The van der Waals surface area contributed by atoms with E-state index in [1.54, 1.807) is 24.3 Å². The van der Waals surface area contributed by atoms with Crippen LogP contribution in [0.1, 0.15) is 38.3 Å². The van der Waals surface area contributed by atoms with Crippen LogP contribution >= 0.6 is 0 Å². The van der Waals surface area contributed by atoms with Crippen molar-refractivity contribution in [3.63, 3.8) is 0 Å². The second-order valence-corrected chi connectivity index (χ2v) is 9.99. The minimum Gasteiger partial charge on any atom is -0.445 e. The molecule has 3 amide bonds. The van der Waals surface area contributed by atoms with Gasteiger partial charge in [-0.15, -0.1) is 0 Å². The lowest BCUT2D eigenvalue weighted by molar-refractivity contribution is -0.148. The van der Waals surface area contributed by atoms with Crippen LogP contribution in [0.15, 0.2) is 42.5 Å². The molecule has 2 atom stereocenters. The molecule has 206 valence electrons. The maximum atomic E-state index is 14.4. The number of benzene rings is 2. The SMILES string of the molecule is CC(C)(C)OCC1C(=O)NCCN1C(=O)CC(Cc1cc(F)c(F)cc1F)NC(=O)OCc1ccccc1. The van der Waals surface area contributed by atoms with Crippen LogP contribution < -0.4 is 10.6 Å². The van der Waals surface area contributed by atoms with Gasteiger partial charge in [0, 0.05) is 31.6 Å². The van der Waals surface area contributed by atoms with Gasteiger partial charge in [-0.1, -0.05) is 30.3 Å². The molecule has 8 nitrogen and oxygen atoms in total. The van der Waals surface area contributed by atoms with Gasteiger partial charge in [0.15, 0.2) is 11.6 Å². The molecule has 2 aromatic carbocycles. The van der Waals surface area contributed by atoms with Crippen LogP contribution in [0.3, 0.4) is 0 Å². The predicted molar refractivity (Wildman–Crippen MR) is 132 cm³/mol. The minimum absolute atomic E-state index is 0.0455. The summed E-state index contributed by atoms with van der Waals surface area (Å²) in [5, 5.41) is 5.23. The van der Waals surface area contributed by atoms with E-state index in [1.165, 1.54) is 4.90 Å². The van der Waals surface area contributed by atoms with E-state index < -0.39 is 47.1 Å². The van der Waals surface area contributed by atoms with Crippen molar-refractivity contribution in [2.75, 3.05) is 19.7 Å². The van der Waals surface area contributed by atoms with Gasteiger partial charge in [0.2, 0.25) is 11.8 Å². The van der Waals surface area contributed by atoms with Gasteiger partial charge in [-0.05, 0) is 44.4 Å². The number of carbonyl (C=O) groups excluding carboxylic acids is 3. The fraction of sp³-hybridized carbons (Fsp3) is 0.444. The Morgan fingerprint density at radius 1 is 1.11 bits per heavy atom. The smallest absolute Gasteiger partial charge is 0.407 e. The number of alkyl carbamates (subject to hydrolysis) is 1. The van der Waals surface area contributed by atoms with Crippen molar-refractivity contribution in [2.45, 2.75) is 57.9 Å². The molecule has 0 spiro atoms. The van der Waals surface area contributed by atoms with E-state index in [9.17, 15) is 27.6 Å². The highest BCUT2D eigenvalue weighted by Crippen LogP contribution is 2.19. The van der Waals surface area contributed by atoms with E-state index >= 15 is 0 Å². The van der Waals surface area contributed by atoms with Crippen molar-refractivity contribution in [2.24, 2.45) is 0 Å². The summed E-state index contributed by atoms with van der Waals surface area (Å²) < 4.78 is 52.6. The Labute approximate surface area is 219 Å². The number of hydrogen-bond donors (Lipinski definition) is 2. The Hall–Kier alpha value is -3.60. The van der Waals surface area contributed by atoms with Gasteiger partial charge in [-0.3, -0.25) is 9.59 Å². The van der Waals surface area contributed by atoms with E-state index in [1.807, 2.05) is 26.8 Å². The summed E-state index contributed by atoms with van der Waals surface area (Å²) in [5.41, 5.74) is -0.0551. The number of ether oxygens (including phenoxy) is 2. The first kappa shape index (κ1) is 29.0. The van der Waals surface area contributed by atoms with Crippen LogP contribution in [0.2, 0.25) is 0 Å². The second kappa shape index (κ2) is 12.8. The van der Waals surface area contributed by atoms with E-state index in [0.29, 0.717) is 12.1 Å². The molecule has 1 fully saturated rings. The standard InChI is InChI=1S/C27H32F3N3O5/c1-27(2,3)38-16-23-25(35)31-9-10-33(23)24(34)13-19(11-18-12-21(29)22(30)14-20(18)28)32-26(36)37-15-17-7-5-4-6-8-17/h4-8,12,14,19,23H,9-11,13,15-16H2,1-3H3,(H,31,35)(H,32,36). The summed E-state index contributed by atoms with van der Waals surface area (Å²) >= 11 is 0. The Morgan fingerprint density at radius 3 is 2.47 bits per heavy atom. The number of halogens is 3. The first-order chi connectivity index (χ1) is 17.9. The number of amides is 3. The molecule has 2 aromatic rings. The van der Waals surface area contributed by atoms with Gasteiger partial charge in [0.1, 0.15) is 18.5 Å². The Bertz CT molecular complexity index is 1140. The number of hydrogen-bond acceptors (Lipinski definition) is 5. The third kappa shape index (κ3) is 8.47. The normalized spacial score (nSPS) is 16.5. The second-order valence-electron chi connectivity index (χ2n) is 9.99. The number of carbonyl (C=O) groups is 3. The maximum absolute atomic E-state index is 14.4. The van der Waals surface area contributed by atoms with Crippen LogP contribution in [-0.4, -0.2) is 60.2 Å². The zero-order valence-electron chi connectivity index (χ0n) is 21.6. The molecule has 2 N–H and O–H groups in total. The van der Waals surface area contributed by atoms with Crippen LogP contribution in [0.4, 0.5) is 18.0 Å². The van der Waals surface area contributed by atoms with E-state index in [2.05, 4.69) is 10.6 Å². The third-order valence-corrected chi connectivity index (χ3v) is 5.84. The first-order valence-corrected chi connectivity index (χ1v) is 12.2. The average Bonchev–Trinajstić information content (AvgIpc) is 2.85. The molecule has 11 heteroatoms. The van der Waals surface area contributed by atoms with E-state index in [-0.39, 0.29) is 50.6 Å². The summed E-state index contributed by atoms with van der Waals surface area (Å²) in [6, 6.07) is 8.03. The van der Waals surface area contributed by atoms with Gasteiger partial charge in [-0.2, -0.15) is 0 Å². The molecule has 1 aliphatic heterocycles. The van der Waals surface area contributed by atoms with Crippen molar-refractivity contribution in [3.8, 4) is 0 Å². The van der Waals surface area contributed by atoms with Gasteiger partial charge >= 0.3 is 6.09 Å². The summed E-state index contributed by atoms with van der Waals surface area (Å²) in [6.07, 6.45) is -1.55. The quantitative estimate of drug-likeness (QED) is 0.480. The lowest BCUT2D eigenvalue weighted by Gasteiger charge is -2.37. The Balaban J connectivity index is 1.75. The van der Waals surface area contributed by atoms with Crippen molar-refractivity contribution in [3.05, 3.63) is 71.0 Å². The van der Waals surface area contributed by atoms with Gasteiger partial charge in [0.05, 0.1) is 12.2 Å². The topological polar surface area (TPSA) is 97.0 Å². The molecule has 0 aliphatic carbocycles. The summed E-state index contributed by atoms with van der Waals surface area (Å²) in [5.74, 6) is -4.51. The number of nitrogens with one attached hydrogen (secondary N) is 2. The van der Waals surface area contributed by atoms with Crippen LogP contribution in [-0.2, 0) is 32.1 Å². The Morgan fingerprint density at radius 2 is 1.79 bits per heavy atom. The fourth-order valence-electron chi connectivity index (χ4n) is 3.93. The molecule has 1 aliphatic rings. The Kier molecular flexibility index (Phi) is 9.73. The molecule has 0 radical (unpaired) electrons. The molecule has 3 rings (SSSR count). The van der Waals surface area contributed by atoms with Crippen LogP contribution in [0, 0.1) is 17.5 Å². The largest absolute Gasteiger partial charge is 0.445 e. The van der Waals surface area contributed by atoms with E-state index in [4.69, 9.17) is 9.47 Å². The van der Waals surface area contributed by atoms with Gasteiger partial charge in [-0.25, -0.2) is 18.0 Å². The lowest BCUT2D eigenvalue weighted by Crippen LogP contribution is -2.60. The monoisotopic (exact) mass is 535 g/mol. The van der Waals surface area contributed by atoms with E-state index in [0.717, 1.165) is 5.56 Å². The van der Waals surface area contributed by atoms with Crippen LogP contribution in [0.25, 0.3) is 0 Å². The average molecular weight is 536 g/mol. The summed E-state index contributed by atoms with van der Waals surface area (Å²) in [6.45, 7) is 5.78. The fourth-order valence-corrected chi connectivity index (χ4v) is 3.93. The number of nitrogens with zero attached hydrogens (tertiary/aromatic N) is 1. The first-order valence-electron chi connectivity index (χ1n) is 12.2. The van der Waals surface area contributed by atoms with Crippen molar-refractivity contribution in [1.82, 2.24) is 15.5 Å². The number of rotatable bonds is 9. The lowest BCUT2D eigenvalue weighted by atomic mass is 10.0. The summed E-state index contributed by atoms with van der Waals surface area (Å²) in [4.78, 5) is 39.7. The minimum atomic E-state index is -1.35. The zero-order chi connectivity index (χ0) is 27.9. The van der Waals surface area contributed by atoms with Crippen LogP contribution in [0.5, 0.6) is 0 Å². The highest BCUT2D eigenvalue weighted by atomic mass is 19.2. The predicted octanol–water partition coefficient (Wildman–Crippen LogP) is 3.47. The molecule has 0 bridgehead atoms. The highest BCUT2D eigenvalue weighted by Gasteiger charge is 2.35. The zero-order valence-corrected chi connectivity index (χ0v) is 21.6. The molecule has 38 heavy (non-hydrogen) atoms. The van der Waals surface area contributed by atoms with Crippen molar-refractivity contribution in [1.29, 1.82) is 0 Å². The van der Waals surface area contributed by atoms with Gasteiger partial charge < -0.3 is 25.0 Å². The third-order valence-electron chi connectivity index (χ3n) is 5.84. The highest BCUT2D eigenvalue weighted by molar-refractivity contribution is 5.89. The van der Waals surface area contributed by atoms with Gasteiger partial charge in [0.25, 0.3) is 0 Å². The molecular formula is C27H32F3N3O5. The molecule has 2 unspecified atom stereocenters. The molecule has 0 aromatic heterocycles. The molecular weight excluding hydrogens is 503 g/mol.